The van der Waals surface area contributed by atoms with E-state index in [0.717, 1.165) is 10.8 Å². The predicted molar refractivity (Wildman–Crippen MR) is 141 cm³/mol. The lowest BCUT2D eigenvalue weighted by molar-refractivity contribution is -0.386. The van der Waals surface area contributed by atoms with Crippen molar-refractivity contribution in [3.8, 4) is 17.2 Å². The summed E-state index contributed by atoms with van der Waals surface area (Å²) < 4.78 is 16.3. The molecule has 0 aliphatic rings. The zero-order chi connectivity index (χ0) is 27.1. The highest BCUT2D eigenvalue weighted by molar-refractivity contribution is 6.04. The van der Waals surface area contributed by atoms with Crippen LogP contribution in [0.15, 0.2) is 90.0 Å². The fraction of sp³-hybridized carbons (Fsp3) is 0.107. The number of carbonyl (C=O) groups is 2. The Kier molecular flexibility index (Phi) is 7.92. The molecular formula is C28H23N3O7. The Balaban J connectivity index is 1.53. The van der Waals surface area contributed by atoms with Gasteiger partial charge < -0.3 is 14.2 Å². The summed E-state index contributed by atoms with van der Waals surface area (Å²) in [5.41, 5.74) is 2.92. The van der Waals surface area contributed by atoms with Gasteiger partial charge in [0.05, 0.1) is 23.8 Å². The molecule has 1 atom stereocenters. The number of esters is 1. The van der Waals surface area contributed by atoms with E-state index in [1.54, 1.807) is 36.4 Å². The SMILES string of the molecule is COc1ccc(C(=O)Oc2ccc3ccccc3c2C=NNC(=O)C(C)Oc2ccccc2[N+](=O)[O-])cc1. The van der Waals surface area contributed by atoms with E-state index in [2.05, 4.69) is 10.5 Å². The van der Waals surface area contributed by atoms with Crippen LogP contribution in [0.1, 0.15) is 22.8 Å². The highest BCUT2D eigenvalue weighted by atomic mass is 16.6. The fourth-order valence-electron chi connectivity index (χ4n) is 3.59. The Bertz CT molecular complexity index is 1520. The van der Waals surface area contributed by atoms with Crippen LogP contribution in [0.25, 0.3) is 10.8 Å². The molecule has 0 spiro atoms. The summed E-state index contributed by atoms with van der Waals surface area (Å²) in [6.45, 7) is 1.45. The van der Waals surface area contributed by atoms with E-state index in [0.29, 0.717) is 16.9 Å². The van der Waals surface area contributed by atoms with Gasteiger partial charge >= 0.3 is 11.7 Å². The second-order valence-corrected chi connectivity index (χ2v) is 8.04. The van der Waals surface area contributed by atoms with E-state index >= 15 is 0 Å². The molecule has 0 aliphatic carbocycles. The van der Waals surface area contributed by atoms with Crippen molar-refractivity contribution >= 4 is 34.6 Å². The van der Waals surface area contributed by atoms with E-state index in [9.17, 15) is 19.7 Å². The van der Waals surface area contributed by atoms with Gasteiger partial charge in [-0.25, -0.2) is 10.2 Å². The molecule has 1 N–H and O–H groups in total. The molecule has 0 saturated carbocycles. The van der Waals surface area contributed by atoms with Gasteiger partial charge in [0.15, 0.2) is 11.9 Å². The first kappa shape index (κ1) is 25.8. The van der Waals surface area contributed by atoms with Crippen LogP contribution in [0.4, 0.5) is 5.69 Å². The van der Waals surface area contributed by atoms with Gasteiger partial charge in [-0.05, 0) is 54.1 Å². The van der Waals surface area contributed by atoms with Gasteiger partial charge in [0.25, 0.3) is 5.91 Å². The van der Waals surface area contributed by atoms with Gasteiger partial charge in [-0.3, -0.25) is 14.9 Å². The number of nitrogens with zero attached hydrogens (tertiary/aromatic N) is 2. The molecule has 4 rings (SSSR count). The van der Waals surface area contributed by atoms with Crippen molar-refractivity contribution in [2.24, 2.45) is 5.10 Å². The van der Waals surface area contributed by atoms with Crippen molar-refractivity contribution in [2.45, 2.75) is 13.0 Å². The number of benzene rings is 4. The number of nitro benzene ring substituents is 1. The number of nitro groups is 1. The molecule has 1 amide bonds. The highest BCUT2D eigenvalue weighted by Crippen LogP contribution is 2.28. The van der Waals surface area contributed by atoms with Crippen molar-refractivity contribution < 1.29 is 28.7 Å². The maximum absolute atomic E-state index is 12.8. The van der Waals surface area contributed by atoms with Crippen molar-refractivity contribution in [3.05, 3.63) is 106 Å². The number of rotatable bonds is 9. The zero-order valence-electron chi connectivity index (χ0n) is 20.5. The molecular weight excluding hydrogens is 490 g/mol. The second-order valence-electron chi connectivity index (χ2n) is 8.04. The topological polar surface area (TPSA) is 129 Å². The van der Waals surface area contributed by atoms with Crippen molar-refractivity contribution in [1.29, 1.82) is 0 Å². The molecule has 0 bridgehead atoms. The fourth-order valence-corrected chi connectivity index (χ4v) is 3.59. The second kappa shape index (κ2) is 11.7. The molecule has 192 valence electrons. The van der Waals surface area contributed by atoms with Crippen LogP contribution in [-0.4, -0.2) is 36.2 Å². The van der Waals surface area contributed by atoms with Gasteiger partial charge in [-0.15, -0.1) is 0 Å². The minimum Gasteiger partial charge on any atom is -0.497 e. The number of fused-ring (bicyclic) bond motifs is 1. The van der Waals surface area contributed by atoms with E-state index in [1.807, 2.05) is 30.3 Å². The standard InChI is InChI=1S/C28H23N3O7/c1-18(37-26-10-6-5-9-24(26)31(34)35)27(32)30-29-17-23-22-8-4-3-7-19(22)13-16-25(23)38-28(33)20-11-14-21(36-2)15-12-20/h3-18H,1-2H3,(H,30,32). The maximum Gasteiger partial charge on any atom is 0.343 e. The molecule has 0 saturated heterocycles. The summed E-state index contributed by atoms with van der Waals surface area (Å²) in [6, 6.07) is 23.1. The first-order valence-corrected chi connectivity index (χ1v) is 11.5. The van der Waals surface area contributed by atoms with Crippen LogP contribution in [-0.2, 0) is 4.79 Å². The number of hydrazone groups is 1. The van der Waals surface area contributed by atoms with Crippen molar-refractivity contribution in [3.63, 3.8) is 0 Å². The number of ether oxygens (including phenoxy) is 3. The number of hydrogen-bond donors (Lipinski definition) is 1. The normalized spacial score (nSPS) is 11.6. The minimum atomic E-state index is -1.08. The minimum absolute atomic E-state index is 0.0362. The van der Waals surface area contributed by atoms with E-state index in [1.165, 1.54) is 38.4 Å². The van der Waals surface area contributed by atoms with Crippen LogP contribution in [0.3, 0.4) is 0 Å². The lowest BCUT2D eigenvalue weighted by atomic mass is 10.0. The molecule has 1 unspecified atom stereocenters. The molecule has 38 heavy (non-hydrogen) atoms. The Labute approximate surface area is 217 Å². The average Bonchev–Trinajstić information content (AvgIpc) is 2.94. The van der Waals surface area contributed by atoms with Crippen LogP contribution < -0.4 is 19.6 Å². The molecule has 0 aromatic heterocycles. The van der Waals surface area contributed by atoms with Gasteiger partial charge in [0.1, 0.15) is 11.5 Å². The Morgan fingerprint density at radius 3 is 2.39 bits per heavy atom. The molecule has 4 aromatic carbocycles. The third-order valence-electron chi connectivity index (χ3n) is 5.56. The molecule has 10 nitrogen and oxygen atoms in total. The van der Waals surface area contributed by atoms with Gasteiger partial charge in [0.2, 0.25) is 0 Å². The number of hydrogen-bond acceptors (Lipinski definition) is 8. The molecule has 0 fully saturated rings. The van der Waals surface area contributed by atoms with Crippen LogP contribution in [0, 0.1) is 10.1 Å². The van der Waals surface area contributed by atoms with E-state index in [-0.39, 0.29) is 17.2 Å². The average molecular weight is 514 g/mol. The van der Waals surface area contributed by atoms with Gasteiger partial charge in [-0.1, -0.05) is 42.5 Å². The number of carbonyl (C=O) groups excluding carboxylic acids is 2. The van der Waals surface area contributed by atoms with Crippen LogP contribution >= 0.6 is 0 Å². The predicted octanol–water partition coefficient (Wildman–Crippen LogP) is 4.89. The maximum atomic E-state index is 12.8. The van der Waals surface area contributed by atoms with Crippen molar-refractivity contribution in [1.82, 2.24) is 5.43 Å². The monoisotopic (exact) mass is 513 g/mol. The molecule has 0 heterocycles. The molecule has 4 aromatic rings. The van der Waals surface area contributed by atoms with E-state index < -0.39 is 22.9 Å². The van der Waals surface area contributed by atoms with Gasteiger partial charge in [0, 0.05) is 11.6 Å². The summed E-state index contributed by atoms with van der Waals surface area (Å²) >= 11 is 0. The zero-order valence-corrected chi connectivity index (χ0v) is 20.5. The Hall–Kier alpha value is -5.25. The highest BCUT2D eigenvalue weighted by Gasteiger charge is 2.20. The summed E-state index contributed by atoms with van der Waals surface area (Å²) in [5, 5.41) is 16.8. The van der Waals surface area contributed by atoms with E-state index in [4.69, 9.17) is 14.2 Å². The lowest BCUT2D eigenvalue weighted by Gasteiger charge is -2.13. The first-order chi connectivity index (χ1) is 18.4. The smallest absolute Gasteiger partial charge is 0.343 e. The summed E-state index contributed by atoms with van der Waals surface area (Å²) in [7, 11) is 1.53. The third kappa shape index (κ3) is 5.93. The molecule has 0 aliphatic heterocycles. The van der Waals surface area contributed by atoms with Crippen LogP contribution in [0.2, 0.25) is 0 Å². The number of amides is 1. The lowest BCUT2D eigenvalue weighted by Crippen LogP contribution is -2.33. The number of nitrogens with one attached hydrogen (secondary N) is 1. The number of methoxy groups -OCH3 is 1. The quantitative estimate of drug-likeness (QED) is 0.111. The van der Waals surface area contributed by atoms with Crippen molar-refractivity contribution in [2.75, 3.05) is 7.11 Å². The summed E-state index contributed by atoms with van der Waals surface area (Å²) in [4.78, 5) is 36.0. The summed E-state index contributed by atoms with van der Waals surface area (Å²) in [5.74, 6) is -0.391. The molecule has 0 radical (unpaired) electrons. The molecule has 10 heteroatoms. The first-order valence-electron chi connectivity index (χ1n) is 11.5. The number of para-hydroxylation sites is 2. The largest absolute Gasteiger partial charge is 0.497 e. The summed E-state index contributed by atoms with van der Waals surface area (Å²) in [6.07, 6.45) is 0.294. The van der Waals surface area contributed by atoms with Gasteiger partial charge in [-0.2, -0.15) is 5.10 Å². The third-order valence-corrected chi connectivity index (χ3v) is 5.56. The Morgan fingerprint density at radius 1 is 0.947 bits per heavy atom. The van der Waals surface area contributed by atoms with Crippen LogP contribution in [0.5, 0.6) is 17.2 Å². The Morgan fingerprint density at radius 2 is 1.66 bits per heavy atom.